The molecule has 0 saturated heterocycles. The van der Waals surface area contributed by atoms with Crippen LogP contribution in [-0.2, 0) is 11.3 Å². The molecule has 0 bridgehead atoms. The van der Waals surface area contributed by atoms with Crippen LogP contribution in [0.4, 0.5) is 0 Å². The van der Waals surface area contributed by atoms with Crippen LogP contribution < -0.4 is 9.47 Å². The summed E-state index contributed by atoms with van der Waals surface area (Å²) in [6.07, 6.45) is 1.66. The van der Waals surface area contributed by atoms with Crippen molar-refractivity contribution >= 4 is 17.0 Å². The first kappa shape index (κ1) is 15.7. The van der Waals surface area contributed by atoms with Gasteiger partial charge in [-0.05, 0) is 29.8 Å². The number of ether oxygens (including phenoxy) is 3. The molecule has 0 spiro atoms. The largest absolute Gasteiger partial charge is 0.497 e. The molecule has 0 radical (unpaired) electrons. The summed E-state index contributed by atoms with van der Waals surface area (Å²) in [5.41, 5.74) is 2.32. The molecule has 0 unspecified atom stereocenters. The van der Waals surface area contributed by atoms with Gasteiger partial charge >= 0.3 is 5.97 Å². The number of pyridine rings is 2. The van der Waals surface area contributed by atoms with Crippen LogP contribution in [0, 0.1) is 0 Å². The van der Waals surface area contributed by atoms with Crippen molar-refractivity contribution in [3.63, 3.8) is 0 Å². The predicted octanol–water partition coefficient (Wildman–Crippen LogP) is 3.00. The summed E-state index contributed by atoms with van der Waals surface area (Å²) in [5.74, 6) is 0.555. The number of rotatable bonds is 5. The number of carbonyl (C=O) groups is 1. The Morgan fingerprint density at radius 3 is 2.58 bits per heavy atom. The smallest absolute Gasteiger partial charge is 0.360 e. The normalized spacial score (nSPS) is 10.4. The first-order valence-electron chi connectivity index (χ1n) is 7.31. The lowest BCUT2D eigenvalue weighted by atomic mass is 10.2. The van der Waals surface area contributed by atoms with Crippen molar-refractivity contribution < 1.29 is 19.0 Å². The molecule has 24 heavy (non-hydrogen) atoms. The Hall–Kier alpha value is -3.15. The van der Waals surface area contributed by atoms with Gasteiger partial charge in [-0.15, -0.1) is 0 Å². The van der Waals surface area contributed by atoms with E-state index in [2.05, 4.69) is 9.97 Å². The maximum atomic E-state index is 12.0. The monoisotopic (exact) mass is 324 g/mol. The van der Waals surface area contributed by atoms with E-state index in [9.17, 15) is 4.79 Å². The first-order valence-corrected chi connectivity index (χ1v) is 7.31. The number of esters is 1. The summed E-state index contributed by atoms with van der Waals surface area (Å²) in [6.45, 7) is 0.286. The number of methoxy groups -OCH3 is 2. The summed E-state index contributed by atoms with van der Waals surface area (Å²) in [5, 5.41) is 0. The van der Waals surface area contributed by atoms with Gasteiger partial charge in [0.2, 0.25) is 0 Å². The van der Waals surface area contributed by atoms with Crippen molar-refractivity contribution in [1.82, 2.24) is 9.97 Å². The van der Waals surface area contributed by atoms with E-state index < -0.39 is 5.97 Å². The Morgan fingerprint density at radius 2 is 1.88 bits per heavy atom. The standard InChI is InChI=1S/C18H16N2O4/c1-22-13-7-5-12(6-8-13)11-24-16-10-15-14(4-3-9-19-15)20-17(16)18(21)23-2/h3-10H,11H2,1-2H3. The van der Waals surface area contributed by atoms with Crippen molar-refractivity contribution in [1.29, 1.82) is 0 Å². The molecule has 0 amide bonds. The van der Waals surface area contributed by atoms with Gasteiger partial charge in [-0.25, -0.2) is 9.78 Å². The second kappa shape index (κ2) is 6.95. The van der Waals surface area contributed by atoms with Gasteiger partial charge in [0.05, 0.1) is 25.3 Å². The zero-order chi connectivity index (χ0) is 16.9. The summed E-state index contributed by atoms with van der Waals surface area (Å²) in [7, 11) is 2.92. The highest BCUT2D eigenvalue weighted by Gasteiger charge is 2.17. The van der Waals surface area contributed by atoms with Crippen molar-refractivity contribution in [2.45, 2.75) is 6.61 Å². The van der Waals surface area contributed by atoms with Gasteiger partial charge in [0, 0.05) is 12.3 Å². The SMILES string of the molecule is COC(=O)c1nc2cccnc2cc1OCc1ccc(OC)cc1. The zero-order valence-corrected chi connectivity index (χ0v) is 13.4. The van der Waals surface area contributed by atoms with Gasteiger partial charge in [0.25, 0.3) is 0 Å². The molecule has 2 heterocycles. The highest BCUT2D eigenvalue weighted by atomic mass is 16.5. The number of aromatic nitrogens is 2. The minimum absolute atomic E-state index is 0.131. The molecule has 0 aliphatic heterocycles. The third-order valence-corrected chi connectivity index (χ3v) is 3.48. The molecule has 0 fully saturated rings. The molecule has 122 valence electrons. The summed E-state index contributed by atoms with van der Waals surface area (Å²) < 4.78 is 15.7. The second-order valence-corrected chi connectivity index (χ2v) is 5.01. The van der Waals surface area contributed by atoms with E-state index >= 15 is 0 Å². The quantitative estimate of drug-likeness (QED) is 0.672. The lowest BCUT2D eigenvalue weighted by molar-refractivity contribution is 0.0589. The first-order chi connectivity index (χ1) is 11.7. The molecular weight excluding hydrogens is 308 g/mol. The molecule has 0 N–H and O–H groups in total. The summed E-state index contributed by atoms with van der Waals surface area (Å²) in [4.78, 5) is 20.5. The molecule has 3 rings (SSSR count). The maximum Gasteiger partial charge on any atom is 0.360 e. The van der Waals surface area contributed by atoms with Crippen molar-refractivity contribution in [3.8, 4) is 11.5 Å². The second-order valence-electron chi connectivity index (χ2n) is 5.01. The molecule has 1 aromatic carbocycles. The molecule has 6 heteroatoms. The number of benzene rings is 1. The Labute approximate surface area is 139 Å². The van der Waals surface area contributed by atoms with Gasteiger partial charge in [0.1, 0.15) is 12.4 Å². The predicted molar refractivity (Wildman–Crippen MR) is 88.2 cm³/mol. The van der Waals surface area contributed by atoms with E-state index in [1.807, 2.05) is 24.3 Å². The van der Waals surface area contributed by atoms with Crippen LogP contribution in [0.25, 0.3) is 11.0 Å². The zero-order valence-electron chi connectivity index (χ0n) is 13.4. The third-order valence-electron chi connectivity index (χ3n) is 3.48. The Bertz CT molecular complexity index is 863. The molecule has 0 saturated carbocycles. The lowest BCUT2D eigenvalue weighted by Crippen LogP contribution is -2.09. The minimum atomic E-state index is -0.550. The Balaban J connectivity index is 1.89. The molecule has 3 aromatic rings. The highest BCUT2D eigenvalue weighted by molar-refractivity contribution is 5.93. The van der Waals surface area contributed by atoms with Gasteiger partial charge < -0.3 is 14.2 Å². The third kappa shape index (κ3) is 3.27. The van der Waals surface area contributed by atoms with E-state index in [4.69, 9.17) is 14.2 Å². The maximum absolute atomic E-state index is 12.0. The van der Waals surface area contributed by atoms with E-state index in [1.54, 1.807) is 31.5 Å². The van der Waals surface area contributed by atoms with E-state index in [0.717, 1.165) is 11.3 Å². The number of hydrogen-bond donors (Lipinski definition) is 0. The Morgan fingerprint density at radius 1 is 1.08 bits per heavy atom. The van der Waals surface area contributed by atoms with E-state index in [0.29, 0.717) is 16.8 Å². The number of nitrogens with zero attached hydrogens (tertiary/aromatic N) is 2. The van der Waals surface area contributed by atoms with Crippen LogP contribution in [0.15, 0.2) is 48.7 Å². The molecule has 0 aliphatic carbocycles. The van der Waals surface area contributed by atoms with Crippen molar-refractivity contribution in [3.05, 3.63) is 59.9 Å². The van der Waals surface area contributed by atoms with Crippen molar-refractivity contribution in [2.75, 3.05) is 14.2 Å². The van der Waals surface area contributed by atoms with Gasteiger partial charge in [-0.3, -0.25) is 4.98 Å². The average molecular weight is 324 g/mol. The topological polar surface area (TPSA) is 70.5 Å². The van der Waals surface area contributed by atoms with Gasteiger partial charge in [0.15, 0.2) is 11.4 Å². The summed E-state index contributed by atoms with van der Waals surface area (Å²) >= 11 is 0. The molecular formula is C18H16N2O4. The highest BCUT2D eigenvalue weighted by Crippen LogP contribution is 2.24. The molecule has 6 nitrogen and oxygen atoms in total. The summed E-state index contributed by atoms with van der Waals surface area (Å²) in [6, 6.07) is 12.7. The van der Waals surface area contributed by atoms with Crippen LogP contribution in [-0.4, -0.2) is 30.2 Å². The van der Waals surface area contributed by atoms with E-state index in [-0.39, 0.29) is 12.3 Å². The molecule has 0 atom stereocenters. The molecule has 0 aliphatic rings. The van der Waals surface area contributed by atoms with Crippen LogP contribution in [0.1, 0.15) is 16.1 Å². The fourth-order valence-electron chi connectivity index (χ4n) is 2.22. The minimum Gasteiger partial charge on any atom is -0.497 e. The van der Waals surface area contributed by atoms with Crippen LogP contribution in [0.2, 0.25) is 0 Å². The van der Waals surface area contributed by atoms with Crippen LogP contribution in [0.5, 0.6) is 11.5 Å². The number of carbonyl (C=O) groups excluding carboxylic acids is 1. The van der Waals surface area contributed by atoms with Gasteiger partial charge in [-0.1, -0.05) is 12.1 Å². The van der Waals surface area contributed by atoms with E-state index in [1.165, 1.54) is 7.11 Å². The number of hydrogen-bond acceptors (Lipinski definition) is 6. The fourth-order valence-corrected chi connectivity index (χ4v) is 2.22. The Kier molecular flexibility index (Phi) is 4.56. The average Bonchev–Trinajstić information content (AvgIpc) is 2.65. The van der Waals surface area contributed by atoms with Crippen LogP contribution in [0.3, 0.4) is 0 Å². The van der Waals surface area contributed by atoms with Gasteiger partial charge in [-0.2, -0.15) is 0 Å². The molecule has 2 aromatic heterocycles. The fraction of sp³-hybridized carbons (Fsp3) is 0.167. The van der Waals surface area contributed by atoms with Crippen molar-refractivity contribution in [2.24, 2.45) is 0 Å². The lowest BCUT2D eigenvalue weighted by Gasteiger charge is -2.11. The van der Waals surface area contributed by atoms with Crippen LogP contribution >= 0.6 is 0 Å². The number of fused-ring (bicyclic) bond motifs is 1.